The lowest BCUT2D eigenvalue weighted by molar-refractivity contribution is 0.105. The maximum absolute atomic E-state index is 9.34. The van der Waals surface area contributed by atoms with Gasteiger partial charge in [-0.1, -0.05) is 0 Å². The normalized spacial score (nSPS) is 17.3. The third-order valence-corrected chi connectivity index (χ3v) is 3.46. The van der Waals surface area contributed by atoms with Crippen LogP contribution in [-0.2, 0) is 4.74 Å². The molecule has 0 amide bonds. The van der Waals surface area contributed by atoms with Crippen molar-refractivity contribution < 1.29 is 14.9 Å². The van der Waals surface area contributed by atoms with Crippen molar-refractivity contribution >= 4 is 34.2 Å². The van der Waals surface area contributed by atoms with Crippen LogP contribution in [0.1, 0.15) is 0 Å². The molecule has 7 heteroatoms. The monoisotopic (exact) mass is 379 g/mol. The zero-order chi connectivity index (χ0) is 13.7. The van der Waals surface area contributed by atoms with Crippen molar-refractivity contribution in [2.24, 2.45) is 0 Å². The Bertz CT molecular complexity index is 413. The highest BCUT2D eigenvalue weighted by Gasteiger charge is 2.14. The zero-order valence-electron chi connectivity index (χ0n) is 10.5. The van der Waals surface area contributed by atoms with Crippen molar-refractivity contribution in [3.05, 3.63) is 15.7 Å². The molecule has 0 spiro atoms. The van der Waals surface area contributed by atoms with Crippen LogP contribution in [0.4, 0.5) is 11.6 Å². The molecule has 1 aromatic rings. The maximum Gasteiger partial charge on any atom is 0.132 e. The molecule has 1 aromatic heterocycles. The molecule has 0 radical (unpaired) electrons. The van der Waals surface area contributed by atoms with Crippen molar-refractivity contribution in [3.8, 4) is 0 Å². The van der Waals surface area contributed by atoms with Gasteiger partial charge in [-0.3, -0.25) is 0 Å². The number of halogens is 1. The van der Waals surface area contributed by atoms with Gasteiger partial charge in [-0.15, -0.1) is 0 Å². The topological polar surface area (TPSA) is 77.9 Å². The van der Waals surface area contributed by atoms with Crippen molar-refractivity contribution in [2.75, 3.05) is 49.7 Å². The van der Waals surface area contributed by atoms with Crippen LogP contribution in [0.15, 0.2) is 12.1 Å². The first-order valence-corrected chi connectivity index (χ1v) is 7.30. The lowest BCUT2D eigenvalue weighted by Crippen LogP contribution is -2.37. The fourth-order valence-corrected chi connectivity index (χ4v) is 2.39. The van der Waals surface area contributed by atoms with Crippen LogP contribution in [0, 0.1) is 3.57 Å². The summed E-state index contributed by atoms with van der Waals surface area (Å²) in [5.41, 5.74) is 0. The molecule has 6 nitrogen and oxygen atoms in total. The molecule has 106 valence electrons. The predicted molar refractivity (Wildman–Crippen MR) is 81.6 cm³/mol. The number of nitrogens with one attached hydrogen (secondary N) is 1. The Morgan fingerprint density at radius 3 is 2.84 bits per heavy atom. The summed E-state index contributed by atoms with van der Waals surface area (Å²) >= 11 is 2.24. The van der Waals surface area contributed by atoms with Gasteiger partial charge in [0.15, 0.2) is 0 Å². The Kier molecular flexibility index (Phi) is 5.61. The average molecular weight is 379 g/mol. The van der Waals surface area contributed by atoms with Crippen LogP contribution in [0.2, 0.25) is 0 Å². The molecule has 0 unspecified atom stereocenters. The van der Waals surface area contributed by atoms with Gasteiger partial charge in [0, 0.05) is 23.2 Å². The number of hydrogen-bond donors (Lipinski definition) is 3. The van der Waals surface area contributed by atoms with Gasteiger partial charge in [0.2, 0.25) is 0 Å². The summed E-state index contributed by atoms with van der Waals surface area (Å²) in [6, 6.07) is 3.94. The molecule has 0 saturated carbocycles. The number of nitrogens with zero attached hydrogens (tertiary/aromatic N) is 2. The molecule has 1 aliphatic heterocycles. The Morgan fingerprint density at radius 1 is 1.42 bits per heavy atom. The molecule has 1 fully saturated rings. The average Bonchev–Trinajstić information content (AvgIpc) is 2.45. The molecule has 0 aromatic carbocycles. The SMILES string of the molecule is OC[C@@H](O)CNc1cc(I)cc(N2CCOCC2)n1. The van der Waals surface area contributed by atoms with Gasteiger partial charge in [0.05, 0.1) is 25.9 Å². The van der Waals surface area contributed by atoms with E-state index in [-0.39, 0.29) is 13.2 Å². The number of aliphatic hydroxyl groups excluding tert-OH is 2. The Morgan fingerprint density at radius 2 is 2.16 bits per heavy atom. The zero-order valence-corrected chi connectivity index (χ0v) is 12.7. The number of hydrogen-bond acceptors (Lipinski definition) is 6. The van der Waals surface area contributed by atoms with E-state index in [9.17, 15) is 5.11 Å². The maximum atomic E-state index is 9.34. The van der Waals surface area contributed by atoms with E-state index >= 15 is 0 Å². The Hall–Kier alpha value is -0.640. The standard InChI is InChI=1S/C12H18IN3O3/c13-9-5-11(14-7-10(18)8-17)15-12(6-9)16-1-3-19-4-2-16/h5-6,10,17-18H,1-4,7-8H2,(H,14,15)/t10-/m0/s1. The van der Waals surface area contributed by atoms with E-state index < -0.39 is 6.10 Å². The molecule has 2 heterocycles. The molecule has 0 aliphatic carbocycles. The minimum Gasteiger partial charge on any atom is -0.394 e. The smallest absolute Gasteiger partial charge is 0.132 e. The van der Waals surface area contributed by atoms with Crippen molar-refractivity contribution in [1.82, 2.24) is 4.98 Å². The first-order chi connectivity index (χ1) is 9.19. The number of aliphatic hydroxyl groups is 2. The largest absolute Gasteiger partial charge is 0.394 e. The highest BCUT2D eigenvalue weighted by Crippen LogP contribution is 2.20. The molecule has 3 N–H and O–H groups in total. The van der Waals surface area contributed by atoms with Crippen LogP contribution in [-0.4, -0.2) is 60.8 Å². The van der Waals surface area contributed by atoms with E-state index in [1.807, 2.05) is 12.1 Å². The summed E-state index contributed by atoms with van der Waals surface area (Å²) in [6.07, 6.45) is -0.772. The summed E-state index contributed by atoms with van der Waals surface area (Å²) in [5, 5.41) is 21.2. The molecule has 1 aliphatic rings. The third kappa shape index (κ3) is 4.44. The van der Waals surface area contributed by atoms with E-state index in [1.54, 1.807) is 0 Å². The highest BCUT2D eigenvalue weighted by molar-refractivity contribution is 14.1. The van der Waals surface area contributed by atoms with E-state index in [0.717, 1.165) is 35.7 Å². The van der Waals surface area contributed by atoms with Gasteiger partial charge < -0.3 is 25.2 Å². The van der Waals surface area contributed by atoms with Crippen LogP contribution < -0.4 is 10.2 Å². The second kappa shape index (κ2) is 7.22. The Labute approximate surface area is 125 Å². The van der Waals surface area contributed by atoms with E-state index in [1.165, 1.54) is 0 Å². The van der Waals surface area contributed by atoms with E-state index in [4.69, 9.17) is 9.84 Å². The summed E-state index contributed by atoms with van der Waals surface area (Å²) in [5.74, 6) is 1.62. The fourth-order valence-electron chi connectivity index (χ4n) is 1.82. The first kappa shape index (κ1) is 14.8. The van der Waals surface area contributed by atoms with E-state index in [0.29, 0.717) is 5.82 Å². The van der Waals surface area contributed by atoms with Crippen LogP contribution in [0.5, 0.6) is 0 Å². The number of ether oxygens (including phenoxy) is 1. The van der Waals surface area contributed by atoms with Gasteiger partial charge in [-0.05, 0) is 34.7 Å². The molecule has 19 heavy (non-hydrogen) atoms. The molecule has 2 rings (SSSR count). The van der Waals surface area contributed by atoms with Crippen molar-refractivity contribution in [2.45, 2.75) is 6.10 Å². The van der Waals surface area contributed by atoms with Gasteiger partial charge in [0.1, 0.15) is 11.6 Å². The van der Waals surface area contributed by atoms with Crippen LogP contribution in [0.3, 0.4) is 0 Å². The predicted octanol–water partition coefficient (Wildman–Crippen LogP) is 0.288. The molecule has 1 saturated heterocycles. The first-order valence-electron chi connectivity index (χ1n) is 6.22. The lowest BCUT2D eigenvalue weighted by Gasteiger charge is -2.28. The quantitative estimate of drug-likeness (QED) is 0.639. The summed E-state index contributed by atoms with van der Waals surface area (Å²) in [6.45, 7) is 3.15. The number of pyridine rings is 1. The lowest BCUT2D eigenvalue weighted by atomic mass is 10.3. The van der Waals surface area contributed by atoms with Gasteiger partial charge in [-0.25, -0.2) is 4.98 Å². The van der Waals surface area contributed by atoms with Gasteiger partial charge in [0.25, 0.3) is 0 Å². The number of aromatic nitrogens is 1. The summed E-state index contributed by atoms with van der Waals surface area (Å²) in [7, 11) is 0. The third-order valence-electron chi connectivity index (χ3n) is 2.84. The van der Waals surface area contributed by atoms with Crippen molar-refractivity contribution in [1.29, 1.82) is 0 Å². The van der Waals surface area contributed by atoms with E-state index in [2.05, 4.69) is 37.8 Å². The van der Waals surface area contributed by atoms with Crippen LogP contribution in [0.25, 0.3) is 0 Å². The van der Waals surface area contributed by atoms with Gasteiger partial charge >= 0.3 is 0 Å². The van der Waals surface area contributed by atoms with Crippen molar-refractivity contribution in [3.63, 3.8) is 0 Å². The second-order valence-electron chi connectivity index (χ2n) is 4.35. The minimum atomic E-state index is -0.772. The second-order valence-corrected chi connectivity index (χ2v) is 5.59. The number of rotatable bonds is 5. The molecular weight excluding hydrogens is 361 g/mol. The Balaban J connectivity index is 2.05. The summed E-state index contributed by atoms with van der Waals surface area (Å²) in [4.78, 5) is 6.71. The number of anilines is 2. The summed E-state index contributed by atoms with van der Waals surface area (Å²) < 4.78 is 6.41. The highest BCUT2D eigenvalue weighted by atomic mass is 127. The van der Waals surface area contributed by atoms with Crippen LogP contribution >= 0.6 is 22.6 Å². The minimum absolute atomic E-state index is 0.257. The number of morpholine rings is 1. The fraction of sp³-hybridized carbons (Fsp3) is 0.583. The molecule has 1 atom stereocenters. The molecular formula is C12H18IN3O3. The van der Waals surface area contributed by atoms with Gasteiger partial charge in [-0.2, -0.15) is 0 Å². The molecule has 0 bridgehead atoms.